The molecule has 162 valence electrons. The van der Waals surface area contributed by atoms with Crippen molar-refractivity contribution in [3.63, 3.8) is 0 Å². The molecule has 2 aliphatic rings. The summed E-state index contributed by atoms with van der Waals surface area (Å²) in [6.07, 6.45) is 1.61. The third kappa shape index (κ3) is 2.77. The fraction of sp³-hybridized carbons (Fsp3) is 0.261. The molecule has 0 radical (unpaired) electrons. The molecule has 9 heteroatoms. The zero-order chi connectivity index (χ0) is 21.8. The topological polar surface area (TPSA) is 82.8 Å². The molecule has 6 rings (SSSR count). The zero-order valence-corrected chi connectivity index (χ0v) is 17.6. The molecule has 5 heterocycles. The molecule has 3 aromatic heterocycles. The average Bonchev–Trinajstić information content (AvgIpc) is 3.45. The van der Waals surface area contributed by atoms with E-state index in [0.29, 0.717) is 47.6 Å². The van der Waals surface area contributed by atoms with Crippen molar-refractivity contribution < 1.29 is 18.6 Å². The number of methoxy groups -OCH3 is 1. The van der Waals surface area contributed by atoms with Gasteiger partial charge in [-0.1, -0.05) is 0 Å². The van der Waals surface area contributed by atoms with Crippen molar-refractivity contribution in [2.75, 3.05) is 25.6 Å². The molecule has 32 heavy (non-hydrogen) atoms. The Morgan fingerprint density at radius 2 is 1.97 bits per heavy atom. The van der Waals surface area contributed by atoms with Crippen LogP contribution in [-0.2, 0) is 6.54 Å². The maximum atomic E-state index is 14.7. The van der Waals surface area contributed by atoms with Gasteiger partial charge in [0.25, 0.3) is 0 Å². The van der Waals surface area contributed by atoms with Gasteiger partial charge in [-0.3, -0.25) is 4.40 Å². The molecule has 0 saturated carbocycles. The molecule has 0 saturated heterocycles. The molecule has 0 spiro atoms. The van der Waals surface area contributed by atoms with Gasteiger partial charge >= 0.3 is 0 Å². The zero-order valence-electron chi connectivity index (χ0n) is 17.6. The summed E-state index contributed by atoms with van der Waals surface area (Å²) in [5, 5.41) is 11.8. The number of ether oxygens (including phenoxy) is 3. The van der Waals surface area contributed by atoms with Gasteiger partial charge in [0.2, 0.25) is 5.88 Å². The predicted octanol–water partition coefficient (Wildman–Crippen LogP) is 3.73. The minimum atomic E-state index is -0.262. The van der Waals surface area contributed by atoms with Gasteiger partial charge < -0.3 is 19.5 Å². The maximum absolute atomic E-state index is 14.7. The quantitative estimate of drug-likeness (QED) is 0.516. The van der Waals surface area contributed by atoms with Crippen molar-refractivity contribution >= 4 is 11.5 Å². The van der Waals surface area contributed by atoms with Crippen molar-refractivity contribution in [3.05, 3.63) is 59.3 Å². The fourth-order valence-corrected chi connectivity index (χ4v) is 4.48. The molecular formula is C23H20FN5O3. The molecular weight excluding hydrogens is 413 g/mol. The highest BCUT2D eigenvalue weighted by Crippen LogP contribution is 2.42. The van der Waals surface area contributed by atoms with E-state index in [0.717, 1.165) is 22.4 Å². The molecule has 0 bridgehead atoms. The Kier molecular flexibility index (Phi) is 4.17. The van der Waals surface area contributed by atoms with Gasteiger partial charge in [0, 0.05) is 34.5 Å². The van der Waals surface area contributed by atoms with Crippen LogP contribution in [0.15, 0.2) is 36.7 Å². The van der Waals surface area contributed by atoms with Crippen LogP contribution in [0.4, 0.5) is 10.2 Å². The van der Waals surface area contributed by atoms with Crippen LogP contribution in [0.1, 0.15) is 22.7 Å². The highest BCUT2D eigenvalue weighted by Gasteiger charge is 2.31. The van der Waals surface area contributed by atoms with Crippen LogP contribution in [0, 0.1) is 12.7 Å². The highest BCUT2D eigenvalue weighted by molar-refractivity contribution is 5.84. The summed E-state index contributed by atoms with van der Waals surface area (Å²) < 4.78 is 34.1. The summed E-state index contributed by atoms with van der Waals surface area (Å²) in [5.74, 6) is 2.16. The van der Waals surface area contributed by atoms with Gasteiger partial charge in [-0.2, -0.15) is 0 Å². The molecule has 0 aliphatic carbocycles. The molecule has 8 nitrogen and oxygen atoms in total. The Morgan fingerprint density at radius 3 is 2.81 bits per heavy atom. The second kappa shape index (κ2) is 7.08. The van der Waals surface area contributed by atoms with E-state index in [1.807, 2.05) is 29.5 Å². The fourth-order valence-electron chi connectivity index (χ4n) is 4.48. The normalized spacial score (nSPS) is 16.7. The van der Waals surface area contributed by atoms with Gasteiger partial charge in [0.1, 0.15) is 17.9 Å². The number of hydrogen-bond acceptors (Lipinski definition) is 7. The third-order valence-electron chi connectivity index (χ3n) is 6.00. The van der Waals surface area contributed by atoms with Gasteiger partial charge in [-0.05, 0) is 37.3 Å². The summed E-state index contributed by atoms with van der Waals surface area (Å²) in [6, 6.07) is 8.91. The number of aromatic nitrogens is 4. The van der Waals surface area contributed by atoms with Crippen LogP contribution in [0.2, 0.25) is 0 Å². The number of nitrogens with one attached hydrogen (secondary N) is 1. The Hall–Kier alpha value is -3.88. The minimum Gasteiger partial charge on any atom is -0.493 e. The number of hydrogen-bond donors (Lipinski definition) is 1. The standard InChI is InChI=1S/C23H20FN5O3/c1-12-3-4-14(23(27-12)30-2)15-7-19-22(29-11-26-28-21(15)29)25-8-16-17(24)5-6-18-20(16)13(9-31-18)10-32-19/h3-7,11,13,25H,8-10H2,1-2H3/t13-/m1/s1. The number of pyridine rings is 2. The number of rotatable bonds is 2. The summed E-state index contributed by atoms with van der Waals surface area (Å²) in [5.41, 5.74) is 4.48. The lowest BCUT2D eigenvalue weighted by Gasteiger charge is -2.17. The summed E-state index contributed by atoms with van der Waals surface area (Å²) in [6.45, 7) is 3.01. The Balaban J connectivity index is 1.53. The smallest absolute Gasteiger partial charge is 0.221 e. The molecule has 0 fully saturated rings. The highest BCUT2D eigenvalue weighted by atomic mass is 19.1. The molecule has 4 aromatic rings. The van der Waals surface area contributed by atoms with E-state index in [2.05, 4.69) is 20.5 Å². The molecule has 1 atom stereocenters. The van der Waals surface area contributed by atoms with Crippen molar-refractivity contribution in [1.29, 1.82) is 0 Å². The first-order chi connectivity index (χ1) is 15.6. The van der Waals surface area contributed by atoms with Gasteiger partial charge in [0.15, 0.2) is 17.2 Å². The monoisotopic (exact) mass is 433 g/mol. The summed E-state index contributed by atoms with van der Waals surface area (Å²) in [7, 11) is 1.59. The molecule has 0 unspecified atom stereocenters. The van der Waals surface area contributed by atoms with Crippen LogP contribution in [-0.4, -0.2) is 39.9 Å². The summed E-state index contributed by atoms with van der Waals surface area (Å²) in [4.78, 5) is 4.49. The molecule has 2 aliphatic heterocycles. The van der Waals surface area contributed by atoms with E-state index < -0.39 is 0 Å². The van der Waals surface area contributed by atoms with Crippen LogP contribution >= 0.6 is 0 Å². The van der Waals surface area contributed by atoms with Crippen LogP contribution in [0.25, 0.3) is 16.8 Å². The summed E-state index contributed by atoms with van der Waals surface area (Å²) >= 11 is 0. The molecule has 1 aromatic carbocycles. The van der Waals surface area contributed by atoms with Gasteiger partial charge in [-0.15, -0.1) is 10.2 Å². The Bertz CT molecular complexity index is 1370. The average molecular weight is 433 g/mol. The van der Waals surface area contributed by atoms with Crippen molar-refractivity contribution in [2.24, 2.45) is 0 Å². The number of fused-ring (bicyclic) bond motifs is 3. The van der Waals surface area contributed by atoms with E-state index in [4.69, 9.17) is 14.2 Å². The first-order valence-electron chi connectivity index (χ1n) is 10.3. The molecule has 1 N–H and O–H groups in total. The lowest BCUT2D eigenvalue weighted by molar-refractivity contribution is 0.249. The molecule has 0 amide bonds. The number of nitrogens with zero attached hydrogens (tertiary/aromatic N) is 4. The lowest BCUT2D eigenvalue weighted by atomic mass is 9.96. The van der Waals surface area contributed by atoms with Crippen LogP contribution in [0.5, 0.6) is 17.4 Å². The van der Waals surface area contributed by atoms with Crippen molar-refractivity contribution in [1.82, 2.24) is 19.6 Å². The Morgan fingerprint density at radius 1 is 1.12 bits per heavy atom. The first kappa shape index (κ1) is 18.9. The predicted molar refractivity (Wildman–Crippen MR) is 115 cm³/mol. The third-order valence-corrected chi connectivity index (χ3v) is 6.00. The van der Waals surface area contributed by atoms with E-state index in [-0.39, 0.29) is 18.3 Å². The number of halogens is 1. The largest absolute Gasteiger partial charge is 0.493 e. The van der Waals surface area contributed by atoms with E-state index >= 15 is 0 Å². The van der Waals surface area contributed by atoms with Crippen molar-refractivity contribution in [2.45, 2.75) is 19.4 Å². The van der Waals surface area contributed by atoms with E-state index in [1.54, 1.807) is 19.5 Å². The lowest BCUT2D eigenvalue weighted by Crippen LogP contribution is -2.13. The second-order valence-electron chi connectivity index (χ2n) is 7.92. The second-order valence-corrected chi connectivity index (χ2v) is 7.92. The maximum Gasteiger partial charge on any atom is 0.221 e. The number of benzene rings is 1. The minimum absolute atomic E-state index is 0.0564. The van der Waals surface area contributed by atoms with Crippen LogP contribution < -0.4 is 19.5 Å². The van der Waals surface area contributed by atoms with Gasteiger partial charge in [0.05, 0.1) is 26.2 Å². The van der Waals surface area contributed by atoms with Crippen LogP contribution in [0.3, 0.4) is 0 Å². The first-order valence-corrected chi connectivity index (χ1v) is 10.3. The van der Waals surface area contributed by atoms with E-state index in [1.165, 1.54) is 6.07 Å². The Labute approximate surface area is 183 Å². The number of anilines is 1. The van der Waals surface area contributed by atoms with E-state index in [9.17, 15) is 4.39 Å². The SMILES string of the molecule is COc1nc(C)ccc1-c1cc2c(n3cnnc13)NCc1c(F)ccc3c1[C@H](CO3)CO2. The van der Waals surface area contributed by atoms with Gasteiger partial charge in [-0.25, -0.2) is 9.37 Å². The van der Waals surface area contributed by atoms with Crippen molar-refractivity contribution in [3.8, 4) is 28.5 Å². The number of aryl methyl sites for hydroxylation is 1.